The van der Waals surface area contributed by atoms with Gasteiger partial charge in [-0.2, -0.15) is 0 Å². The number of ether oxygens (including phenoxy) is 1. The smallest absolute Gasteiger partial charge is 0.412 e. The predicted molar refractivity (Wildman–Crippen MR) is 77.2 cm³/mol. The van der Waals surface area contributed by atoms with Crippen LogP contribution < -0.4 is 10.4 Å². The van der Waals surface area contributed by atoms with E-state index in [0.29, 0.717) is 12.8 Å². The number of rotatable bonds is 6. The molecule has 0 aromatic carbocycles. The van der Waals surface area contributed by atoms with Crippen molar-refractivity contribution in [2.45, 2.75) is 63.6 Å². The molecule has 6 nitrogen and oxygen atoms in total. The van der Waals surface area contributed by atoms with E-state index in [1.165, 1.54) is 6.42 Å². The van der Waals surface area contributed by atoms with Gasteiger partial charge in [0.25, 0.3) is 0 Å². The van der Waals surface area contributed by atoms with Crippen LogP contribution in [0.2, 0.25) is 0 Å². The van der Waals surface area contributed by atoms with Crippen LogP contribution in [0.15, 0.2) is 0 Å². The van der Waals surface area contributed by atoms with Crippen molar-refractivity contribution in [3.05, 3.63) is 0 Å². The largest absolute Gasteiger partial charge is 0.542 e. The quantitative estimate of drug-likeness (QED) is 0.586. The first-order chi connectivity index (χ1) is 9.73. The molecule has 1 aliphatic rings. The normalized spacial score (nSPS) is 19.6. The number of likely N-dealkylation sites (N-methyl/N-ethyl adjacent to an activating group) is 1. The highest BCUT2D eigenvalue weighted by atomic mass is 16.6. The predicted octanol–water partition coefficient (Wildman–Crippen LogP) is 0.998. The number of carboxylic acids is 1. The van der Waals surface area contributed by atoms with Crippen molar-refractivity contribution in [2.75, 3.05) is 21.1 Å². The van der Waals surface area contributed by atoms with Crippen LogP contribution in [0.5, 0.6) is 0 Å². The molecule has 122 valence electrons. The zero-order valence-corrected chi connectivity index (χ0v) is 13.6. The van der Waals surface area contributed by atoms with Gasteiger partial charge in [-0.15, -0.1) is 0 Å². The van der Waals surface area contributed by atoms with Gasteiger partial charge in [0.1, 0.15) is 12.1 Å². The number of quaternary nitrogens is 1. The number of carbonyl (C=O) groups excluding carboxylic acids is 2. The third-order valence-corrected chi connectivity index (χ3v) is 4.23. The molecular weight excluding hydrogens is 272 g/mol. The molecular formula is C15H28N2O4. The van der Waals surface area contributed by atoms with Crippen molar-refractivity contribution in [1.29, 1.82) is 0 Å². The van der Waals surface area contributed by atoms with E-state index in [2.05, 4.69) is 5.32 Å². The van der Waals surface area contributed by atoms with Gasteiger partial charge in [0.05, 0.1) is 21.1 Å². The molecule has 1 N–H and O–H groups in total. The third-order valence-electron chi connectivity index (χ3n) is 4.23. The standard InChI is InChI=1S/C15H28N2O4/c1-5-11-15(13(18)19,17(2,3)4)16-14(20)21-12-9-7-6-8-10-12/h12H,5-11H2,1-4H3,(H-,16,18,19,20). The SMILES string of the molecule is CCCC(NC(=O)OC1CCCCC1)(C(=O)[O-])[N+](C)(C)C. The van der Waals surface area contributed by atoms with E-state index in [1.807, 2.05) is 6.92 Å². The minimum absolute atomic E-state index is 0.0446. The van der Waals surface area contributed by atoms with Gasteiger partial charge >= 0.3 is 6.09 Å². The number of hydrogen-bond acceptors (Lipinski definition) is 4. The minimum Gasteiger partial charge on any atom is -0.542 e. The molecule has 0 aromatic heterocycles. The summed E-state index contributed by atoms with van der Waals surface area (Å²) >= 11 is 0. The Morgan fingerprint density at radius 2 is 1.81 bits per heavy atom. The number of alkyl carbamates (subject to hydrolysis) is 1. The second-order valence-electron chi connectivity index (χ2n) is 6.70. The Balaban J connectivity index is 2.79. The van der Waals surface area contributed by atoms with Crippen molar-refractivity contribution in [3.63, 3.8) is 0 Å². The molecule has 0 heterocycles. The monoisotopic (exact) mass is 300 g/mol. The lowest BCUT2D eigenvalue weighted by Crippen LogP contribution is -2.74. The summed E-state index contributed by atoms with van der Waals surface area (Å²) in [6, 6.07) is 0. The Morgan fingerprint density at radius 1 is 1.24 bits per heavy atom. The maximum Gasteiger partial charge on any atom is 0.412 e. The van der Waals surface area contributed by atoms with Crippen molar-refractivity contribution in [2.24, 2.45) is 0 Å². The van der Waals surface area contributed by atoms with Crippen LogP contribution in [0, 0.1) is 0 Å². The molecule has 1 unspecified atom stereocenters. The Hall–Kier alpha value is -1.30. The Kier molecular flexibility index (Phi) is 6.01. The molecule has 1 rings (SSSR count). The number of amides is 1. The topological polar surface area (TPSA) is 78.5 Å². The molecule has 21 heavy (non-hydrogen) atoms. The van der Waals surface area contributed by atoms with E-state index in [0.717, 1.165) is 25.7 Å². The zero-order valence-electron chi connectivity index (χ0n) is 13.6. The van der Waals surface area contributed by atoms with Gasteiger partial charge in [-0.3, -0.25) is 5.32 Å². The summed E-state index contributed by atoms with van der Waals surface area (Å²) in [5.74, 6) is -1.28. The van der Waals surface area contributed by atoms with Crippen molar-refractivity contribution in [3.8, 4) is 0 Å². The molecule has 0 aromatic rings. The molecule has 0 aliphatic heterocycles. The molecule has 0 saturated heterocycles. The fourth-order valence-electron chi connectivity index (χ4n) is 2.89. The summed E-state index contributed by atoms with van der Waals surface area (Å²) in [5.41, 5.74) is -1.47. The highest BCUT2D eigenvalue weighted by Crippen LogP contribution is 2.24. The van der Waals surface area contributed by atoms with Crippen LogP contribution in [0.1, 0.15) is 51.9 Å². The molecule has 1 aliphatic carbocycles. The van der Waals surface area contributed by atoms with E-state index in [9.17, 15) is 14.7 Å². The van der Waals surface area contributed by atoms with Crippen LogP contribution >= 0.6 is 0 Å². The summed E-state index contributed by atoms with van der Waals surface area (Å²) < 4.78 is 5.43. The van der Waals surface area contributed by atoms with E-state index in [4.69, 9.17) is 4.74 Å². The molecule has 6 heteroatoms. The lowest BCUT2D eigenvalue weighted by molar-refractivity contribution is -0.919. The summed E-state index contributed by atoms with van der Waals surface area (Å²) in [4.78, 5) is 23.8. The fourth-order valence-corrected chi connectivity index (χ4v) is 2.89. The third kappa shape index (κ3) is 4.33. The van der Waals surface area contributed by atoms with Gasteiger partial charge in [-0.05, 0) is 32.1 Å². The van der Waals surface area contributed by atoms with Gasteiger partial charge < -0.3 is 19.1 Å². The van der Waals surface area contributed by atoms with Crippen molar-refractivity contribution in [1.82, 2.24) is 5.32 Å². The van der Waals surface area contributed by atoms with E-state index in [1.54, 1.807) is 21.1 Å². The second-order valence-corrected chi connectivity index (χ2v) is 6.70. The first kappa shape index (κ1) is 17.8. The van der Waals surface area contributed by atoms with Gasteiger partial charge in [-0.1, -0.05) is 13.3 Å². The lowest BCUT2D eigenvalue weighted by atomic mass is 9.98. The average molecular weight is 300 g/mol. The number of nitrogens with zero attached hydrogens (tertiary/aromatic N) is 1. The second kappa shape index (κ2) is 7.11. The molecule has 0 bridgehead atoms. The maximum absolute atomic E-state index is 12.1. The van der Waals surface area contributed by atoms with Crippen LogP contribution in [0.3, 0.4) is 0 Å². The van der Waals surface area contributed by atoms with E-state index in [-0.39, 0.29) is 10.6 Å². The van der Waals surface area contributed by atoms with Crippen LogP contribution in [-0.2, 0) is 9.53 Å². The highest BCUT2D eigenvalue weighted by molar-refractivity contribution is 5.81. The highest BCUT2D eigenvalue weighted by Gasteiger charge is 2.46. The molecule has 1 fully saturated rings. The van der Waals surface area contributed by atoms with Crippen molar-refractivity contribution < 1.29 is 23.9 Å². The van der Waals surface area contributed by atoms with Crippen LogP contribution in [0.4, 0.5) is 4.79 Å². The van der Waals surface area contributed by atoms with Crippen LogP contribution in [-0.4, -0.2) is 49.5 Å². The Labute approximate surface area is 127 Å². The number of carboxylic acid groups (broad SMARTS) is 1. The maximum atomic E-state index is 12.1. The summed E-state index contributed by atoms with van der Waals surface area (Å²) in [7, 11) is 5.19. The van der Waals surface area contributed by atoms with Gasteiger partial charge in [-0.25, -0.2) is 4.79 Å². The van der Waals surface area contributed by atoms with Crippen molar-refractivity contribution >= 4 is 12.1 Å². The number of carbonyl (C=O) groups is 2. The average Bonchev–Trinajstić information content (AvgIpc) is 2.37. The van der Waals surface area contributed by atoms with Gasteiger partial charge in [0.15, 0.2) is 0 Å². The lowest BCUT2D eigenvalue weighted by Gasteiger charge is -2.46. The number of aliphatic carboxylic acids is 1. The Morgan fingerprint density at radius 3 is 2.24 bits per heavy atom. The molecule has 1 saturated carbocycles. The molecule has 1 amide bonds. The summed E-state index contributed by atoms with van der Waals surface area (Å²) in [6.07, 6.45) is 5.11. The number of nitrogens with one attached hydrogen (secondary N) is 1. The summed E-state index contributed by atoms with van der Waals surface area (Å²) in [5, 5.41) is 14.3. The van der Waals surface area contributed by atoms with Gasteiger partial charge in [0, 0.05) is 6.42 Å². The van der Waals surface area contributed by atoms with Crippen LogP contribution in [0.25, 0.3) is 0 Å². The first-order valence-corrected chi connectivity index (χ1v) is 7.74. The molecule has 0 spiro atoms. The van der Waals surface area contributed by atoms with E-state index >= 15 is 0 Å². The number of hydrogen-bond donors (Lipinski definition) is 1. The first-order valence-electron chi connectivity index (χ1n) is 7.74. The fraction of sp³-hybridized carbons (Fsp3) is 0.867. The molecule has 0 radical (unpaired) electrons. The summed E-state index contributed by atoms with van der Waals surface area (Å²) in [6.45, 7) is 1.88. The minimum atomic E-state index is -1.47. The molecule has 1 atom stereocenters. The zero-order chi connectivity index (χ0) is 16.1. The van der Waals surface area contributed by atoms with E-state index < -0.39 is 17.7 Å². The van der Waals surface area contributed by atoms with Gasteiger partial charge in [0.2, 0.25) is 5.66 Å². The Bertz CT molecular complexity index is 372.